The SMILES string of the molecule is CC(NC(=O)/C=C/c1cccs1)C12CC3CC(CC(C3)C1)C2. The van der Waals surface area contributed by atoms with Crippen molar-refractivity contribution in [2.24, 2.45) is 23.2 Å². The van der Waals surface area contributed by atoms with Gasteiger partial charge in [0, 0.05) is 17.0 Å². The fraction of sp³-hybridized carbons (Fsp3) is 0.632. The van der Waals surface area contributed by atoms with Gasteiger partial charge in [0.05, 0.1) is 0 Å². The lowest BCUT2D eigenvalue weighted by molar-refractivity contribution is -0.121. The van der Waals surface area contributed by atoms with E-state index in [0.717, 1.165) is 22.6 Å². The van der Waals surface area contributed by atoms with Crippen LogP contribution < -0.4 is 5.32 Å². The maximum Gasteiger partial charge on any atom is 0.244 e. The van der Waals surface area contributed by atoms with Crippen molar-refractivity contribution >= 4 is 23.3 Å². The van der Waals surface area contributed by atoms with Gasteiger partial charge >= 0.3 is 0 Å². The Kier molecular flexibility index (Phi) is 3.64. The molecule has 4 bridgehead atoms. The number of amides is 1. The maximum absolute atomic E-state index is 12.2. The number of hydrogen-bond acceptors (Lipinski definition) is 2. The van der Waals surface area contributed by atoms with E-state index in [9.17, 15) is 4.79 Å². The van der Waals surface area contributed by atoms with E-state index >= 15 is 0 Å². The molecular weight excluding hydrogens is 290 g/mol. The molecule has 0 saturated heterocycles. The summed E-state index contributed by atoms with van der Waals surface area (Å²) >= 11 is 1.66. The monoisotopic (exact) mass is 315 g/mol. The zero-order valence-electron chi connectivity index (χ0n) is 13.3. The molecule has 0 aromatic carbocycles. The molecule has 1 aromatic rings. The van der Waals surface area contributed by atoms with Crippen LogP contribution in [0, 0.1) is 23.2 Å². The summed E-state index contributed by atoms with van der Waals surface area (Å²) in [6.07, 6.45) is 12.0. The van der Waals surface area contributed by atoms with Crippen LogP contribution in [0.15, 0.2) is 23.6 Å². The van der Waals surface area contributed by atoms with Crippen LogP contribution in [-0.2, 0) is 4.79 Å². The van der Waals surface area contributed by atoms with Crippen LogP contribution >= 0.6 is 11.3 Å². The summed E-state index contributed by atoms with van der Waals surface area (Å²) in [5, 5.41) is 5.32. The van der Waals surface area contributed by atoms with Crippen molar-refractivity contribution in [2.45, 2.75) is 51.5 Å². The van der Waals surface area contributed by atoms with E-state index < -0.39 is 0 Å². The minimum atomic E-state index is 0.0663. The number of carbonyl (C=O) groups excluding carboxylic acids is 1. The van der Waals surface area contributed by atoms with E-state index in [4.69, 9.17) is 0 Å². The first-order valence-electron chi connectivity index (χ1n) is 8.65. The van der Waals surface area contributed by atoms with E-state index in [2.05, 4.69) is 12.2 Å². The molecule has 0 aliphatic heterocycles. The van der Waals surface area contributed by atoms with Gasteiger partial charge in [-0.05, 0) is 86.1 Å². The third kappa shape index (κ3) is 2.64. The van der Waals surface area contributed by atoms with Crippen LogP contribution in [0.3, 0.4) is 0 Å². The van der Waals surface area contributed by atoms with Gasteiger partial charge in [-0.25, -0.2) is 0 Å². The van der Waals surface area contributed by atoms with E-state index in [0.29, 0.717) is 11.5 Å². The van der Waals surface area contributed by atoms with Crippen molar-refractivity contribution in [1.82, 2.24) is 5.32 Å². The molecule has 2 nitrogen and oxygen atoms in total. The Morgan fingerprint density at radius 2 is 1.91 bits per heavy atom. The standard InChI is InChI=1S/C19H25NOS/c1-13(20-18(21)5-4-17-3-2-6-22-17)19-10-14-7-15(11-19)9-16(8-14)12-19/h2-6,13-16H,7-12H2,1H3,(H,20,21)/b5-4+. The molecule has 0 radical (unpaired) electrons. The Hall–Kier alpha value is -1.09. The van der Waals surface area contributed by atoms with Crippen LogP contribution in [0.2, 0.25) is 0 Å². The highest BCUT2D eigenvalue weighted by Crippen LogP contribution is 2.61. The van der Waals surface area contributed by atoms with Crippen LogP contribution in [0.25, 0.3) is 6.08 Å². The lowest BCUT2D eigenvalue weighted by Gasteiger charge is -2.59. The zero-order valence-corrected chi connectivity index (χ0v) is 14.1. The van der Waals surface area contributed by atoms with Gasteiger partial charge in [-0.3, -0.25) is 4.79 Å². The van der Waals surface area contributed by atoms with E-state index in [-0.39, 0.29) is 5.91 Å². The Morgan fingerprint density at radius 1 is 1.27 bits per heavy atom. The van der Waals surface area contributed by atoms with Gasteiger partial charge in [0.1, 0.15) is 0 Å². The highest BCUT2D eigenvalue weighted by Gasteiger charge is 2.53. The van der Waals surface area contributed by atoms with Crippen molar-refractivity contribution in [3.63, 3.8) is 0 Å². The van der Waals surface area contributed by atoms with Gasteiger partial charge in [0.25, 0.3) is 0 Å². The second-order valence-electron chi connectivity index (χ2n) is 7.86. The van der Waals surface area contributed by atoms with Crippen molar-refractivity contribution in [3.8, 4) is 0 Å². The summed E-state index contributed by atoms with van der Waals surface area (Å²) < 4.78 is 0. The van der Waals surface area contributed by atoms with Crippen molar-refractivity contribution in [3.05, 3.63) is 28.5 Å². The smallest absolute Gasteiger partial charge is 0.244 e. The summed E-state index contributed by atoms with van der Waals surface area (Å²) in [5.74, 6) is 2.88. The average molecular weight is 315 g/mol. The molecular formula is C19H25NOS. The third-order valence-corrected chi connectivity index (χ3v) is 7.14. The predicted molar refractivity (Wildman–Crippen MR) is 91.6 cm³/mol. The van der Waals surface area contributed by atoms with Crippen molar-refractivity contribution in [1.29, 1.82) is 0 Å². The maximum atomic E-state index is 12.2. The van der Waals surface area contributed by atoms with Gasteiger partial charge in [-0.1, -0.05) is 6.07 Å². The molecule has 5 rings (SSSR count). The molecule has 1 atom stereocenters. The van der Waals surface area contributed by atoms with E-state index in [1.54, 1.807) is 17.4 Å². The highest BCUT2D eigenvalue weighted by atomic mass is 32.1. The Morgan fingerprint density at radius 3 is 2.45 bits per heavy atom. The Bertz CT molecular complexity index is 539. The highest BCUT2D eigenvalue weighted by molar-refractivity contribution is 7.10. The Labute approximate surface area is 137 Å². The quantitative estimate of drug-likeness (QED) is 0.815. The van der Waals surface area contributed by atoms with Gasteiger partial charge in [0.2, 0.25) is 5.91 Å². The van der Waals surface area contributed by atoms with Crippen LogP contribution in [0.4, 0.5) is 0 Å². The Balaban J connectivity index is 1.41. The third-order valence-electron chi connectivity index (χ3n) is 6.31. The number of hydrogen-bond donors (Lipinski definition) is 1. The summed E-state index contributed by atoms with van der Waals surface area (Å²) in [7, 11) is 0. The van der Waals surface area contributed by atoms with Gasteiger partial charge in [-0.15, -0.1) is 11.3 Å². The molecule has 3 heteroatoms. The molecule has 1 amide bonds. The summed E-state index contributed by atoms with van der Waals surface area (Å²) in [6, 6.07) is 4.36. The van der Waals surface area contributed by atoms with E-state index in [1.165, 1.54) is 38.5 Å². The zero-order chi connectivity index (χ0) is 15.2. The van der Waals surface area contributed by atoms with Gasteiger partial charge in [-0.2, -0.15) is 0 Å². The molecule has 1 heterocycles. The molecule has 118 valence electrons. The molecule has 1 unspecified atom stereocenters. The van der Waals surface area contributed by atoms with Crippen LogP contribution in [0.5, 0.6) is 0 Å². The minimum Gasteiger partial charge on any atom is -0.350 e. The van der Waals surface area contributed by atoms with Crippen molar-refractivity contribution < 1.29 is 4.79 Å². The molecule has 4 aliphatic rings. The number of rotatable bonds is 4. The molecule has 1 aromatic heterocycles. The second kappa shape index (κ2) is 5.52. The average Bonchev–Trinajstić information content (AvgIpc) is 2.97. The number of nitrogens with one attached hydrogen (secondary N) is 1. The lowest BCUT2D eigenvalue weighted by Crippen LogP contribution is -2.55. The lowest BCUT2D eigenvalue weighted by atomic mass is 9.48. The van der Waals surface area contributed by atoms with Crippen LogP contribution in [0.1, 0.15) is 50.3 Å². The molecule has 4 aliphatic carbocycles. The first kappa shape index (κ1) is 14.5. The summed E-state index contributed by atoms with van der Waals surface area (Å²) in [6.45, 7) is 2.24. The number of thiophene rings is 1. The molecule has 0 spiro atoms. The molecule has 4 fully saturated rings. The minimum absolute atomic E-state index is 0.0663. The fourth-order valence-corrected chi connectivity index (χ4v) is 6.28. The van der Waals surface area contributed by atoms with E-state index in [1.807, 2.05) is 23.6 Å². The fourth-order valence-electron chi connectivity index (χ4n) is 5.67. The van der Waals surface area contributed by atoms with Crippen molar-refractivity contribution in [2.75, 3.05) is 0 Å². The van der Waals surface area contributed by atoms with Gasteiger partial charge < -0.3 is 5.32 Å². The topological polar surface area (TPSA) is 29.1 Å². The number of carbonyl (C=O) groups is 1. The largest absolute Gasteiger partial charge is 0.350 e. The summed E-state index contributed by atoms with van der Waals surface area (Å²) in [4.78, 5) is 13.4. The molecule has 4 saturated carbocycles. The first-order chi connectivity index (χ1) is 10.6. The van der Waals surface area contributed by atoms with Crippen LogP contribution in [-0.4, -0.2) is 11.9 Å². The molecule has 1 N–H and O–H groups in total. The second-order valence-corrected chi connectivity index (χ2v) is 8.84. The molecule has 22 heavy (non-hydrogen) atoms. The first-order valence-corrected chi connectivity index (χ1v) is 9.53. The summed E-state index contributed by atoms with van der Waals surface area (Å²) in [5.41, 5.74) is 0.390. The van der Waals surface area contributed by atoms with Gasteiger partial charge in [0.15, 0.2) is 0 Å². The normalized spacial score (nSPS) is 37.6. The predicted octanol–water partition coefficient (Wildman–Crippen LogP) is 4.48.